The van der Waals surface area contributed by atoms with E-state index < -0.39 is 18.0 Å². The summed E-state index contributed by atoms with van der Waals surface area (Å²) < 4.78 is 2.21. The molecule has 1 aromatic rings. The van der Waals surface area contributed by atoms with Crippen LogP contribution in [0, 0.1) is 35.5 Å². The van der Waals surface area contributed by atoms with E-state index in [0.717, 1.165) is 17.3 Å². The van der Waals surface area contributed by atoms with E-state index >= 15 is 0 Å². The number of hydrogen-bond acceptors (Lipinski definition) is 4. The second-order valence-electron chi connectivity index (χ2n) is 9.73. The molecule has 2 heterocycles. The van der Waals surface area contributed by atoms with E-state index in [-0.39, 0.29) is 5.92 Å². The van der Waals surface area contributed by atoms with Crippen molar-refractivity contribution in [1.82, 2.24) is 9.55 Å². The molecule has 8 heteroatoms. The summed E-state index contributed by atoms with van der Waals surface area (Å²) in [5.74, 6) is 9.75. The maximum Gasteiger partial charge on any atom is 0.362 e. The lowest BCUT2D eigenvalue weighted by Gasteiger charge is -2.30. The first-order valence-electron chi connectivity index (χ1n) is 11.5. The summed E-state index contributed by atoms with van der Waals surface area (Å²) in [6, 6.07) is -0.596. The van der Waals surface area contributed by atoms with Gasteiger partial charge in [0.15, 0.2) is 11.2 Å². The zero-order chi connectivity index (χ0) is 26.0. The number of carbonyl (C=O) groups is 2. The molecule has 0 saturated heterocycles. The van der Waals surface area contributed by atoms with Gasteiger partial charge in [0, 0.05) is 12.3 Å². The zero-order valence-electron chi connectivity index (χ0n) is 21.0. The van der Waals surface area contributed by atoms with E-state index in [9.17, 15) is 19.8 Å². The van der Waals surface area contributed by atoms with Crippen LogP contribution < -0.4 is 0 Å². The number of hydrogen-bond donors (Lipinski definition) is 2. The number of carboxylic acids is 2. The Bertz CT molecular complexity index is 1130. The minimum atomic E-state index is -0.849. The van der Waals surface area contributed by atoms with Crippen LogP contribution in [0.5, 0.6) is 0 Å². The third-order valence-electron chi connectivity index (χ3n) is 5.53. The molecule has 7 nitrogen and oxygen atoms in total. The minimum absolute atomic E-state index is 0.305. The average Bonchev–Trinajstić information content (AvgIpc) is 3.18. The lowest BCUT2D eigenvalue weighted by Crippen LogP contribution is -2.51. The van der Waals surface area contributed by atoms with Crippen LogP contribution in [0.25, 0.3) is 5.70 Å². The summed E-state index contributed by atoms with van der Waals surface area (Å²) >= 11 is 1.47. The normalized spacial score (nSPS) is 15.8. The standard InChI is InChI=1S/C27H33N3O4S/c1-20(2)14-15-21(25(31)32)12-10-8-6-7-9-11-13-23-16-17-35-27-28-22(19-29(23)27)18-24(26(33)34)30(3,4)5/h8,10,13,16-17,19-21,24H,12,14-15,18H2,1-5H3,(H-,31,32,33,34)/p+1/b10-8+,23-13-. The lowest BCUT2D eigenvalue weighted by molar-refractivity contribution is -0.887. The van der Waals surface area contributed by atoms with Crippen molar-refractivity contribution in [2.24, 2.45) is 11.8 Å². The maximum atomic E-state index is 11.7. The van der Waals surface area contributed by atoms with Gasteiger partial charge in [0.05, 0.1) is 44.9 Å². The molecule has 0 spiro atoms. The van der Waals surface area contributed by atoms with Crippen molar-refractivity contribution < 1.29 is 24.3 Å². The second kappa shape index (κ2) is 13.0. The van der Waals surface area contributed by atoms with E-state index in [1.165, 1.54) is 11.8 Å². The molecule has 0 aromatic carbocycles. The number of thioether (sulfide) groups is 1. The molecule has 0 saturated carbocycles. The first-order valence-corrected chi connectivity index (χ1v) is 12.4. The SMILES string of the molecule is CC(C)CCC(C/C=C/C#CC#C/C=C1/C=CSc2nc(CC(C(=O)O)[N+](C)(C)C)cn21)C(=O)O. The predicted octanol–water partition coefficient (Wildman–Crippen LogP) is 4.14. The Morgan fingerprint density at radius 2 is 1.86 bits per heavy atom. The topological polar surface area (TPSA) is 92.4 Å². The van der Waals surface area contributed by atoms with Crippen molar-refractivity contribution >= 4 is 29.4 Å². The van der Waals surface area contributed by atoms with Crippen molar-refractivity contribution in [3.8, 4) is 23.7 Å². The quantitative estimate of drug-likeness (QED) is 0.374. The molecule has 186 valence electrons. The number of rotatable bonds is 10. The minimum Gasteiger partial charge on any atom is -0.481 e. The van der Waals surface area contributed by atoms with Crippen LogP contribution >= 0.6 is 11.8 Å². The molecule has 0 bridgehead atoms. The molecule has 0 fully saturated rings. The second-order valence-corrected chi connectivity index (χ2v) is 10.6. The molecule has 1 aromatic heterocycles. The van der Waals surface area contributed by atoms with Crippen molar-refractivity contribution in [3.63, 3.8) is 0 Å². The van der Waals surface area contributed by atoms with E-state index in [1.54, 1.807) is 18.2 Å². The van der Waals surface area contributed by atoms with Crippen LogP contribution in [0.4, 0.5) is 0 Å². The van der Waals surface area contributed by atoms with Crippen molar-refractivity contribution in [1.29, 1.82) is 0 Å². The largest absolute Gasteiger partial charge is 0.481 e. The van der Waals surface area contributed by atoms with Gasteiger partial charge in [-0.15, -0.1) is 0 Å². The van der Waals surface area contributed by atoms with Gasteiger partial charge in [0.2, 0.25) is 0 Å². The van der Waals surface area contributed by atoms with Crippen LogP contribution in [0.2, 0.25) is 0 Å². The van der Waals surface area contributed by atoms with Gasteiger partial charge in [-0.3, -0.25) is 9.36 Å². The smallest absolute Gasteiger partial charge is 0.362 e. The van der Waals surface area contributed by atoms with Gasteiger partial charge in [0.25, 0.3) is 0 Å². The van der Waals surface area contributed by atoms with Crippen LogP contribution in [-0.4, -0.2) is 63.4 Å². The fraction of sp³-hybridized carbons (Fsp3) is 0.444. The van der Waals surface area contributed by atoms with Crippen molar-refractivity contribution in [2.75, 3.05) is 21.1 Å². The molecule has 0 radical (unpaired) electrons. The number of quaternary nitrogens is 1. The molecule has 1 aliphatic heterocycles. The van der Waals surface area contributed by atoms with Gasteiger partial charge >= 0.3 is 11.9 Å². The van der Waals surface area contributed by atoms with Crippen molar-refractivity contribution in [3.05, 3.63) is 41.6 Å². The first kappa shape index (κ1) is 28.0. The molecule has 1 aliphatic rings. The third kappa shape index (κ3) is 9.16. The Kier molecular flexibility index (Phi) is 10.4. The number of nitrogens with zero attached hydrogens (tertiary/aromatic N) is 3. The average molecular weight is 497 g/mol. The van der Waals surface area contributed by atoms with Crippen LogP contribution in [0.1, 0.15) is 38.8 Å². The van der Waals surface area contributed by atoms with Crippen LogP contribution in [0.15, 0.2) is 41.1 Å². The Labute approximate surface area is 212 Å². The lowest BCUT2D eigenvalue weighted by atomic mass is 9.95. The summed E-state index contributed by atoms with van der Waals surface area (Å²) in [4.78, 5) is 27.6. The number of aromatic nitrogens is 2. The fourth-order valence-electron chi connectivity index (χ4n) is 3.42. The molecule has 0 aliphatic carbocycles. The maximum absolute atomic E-state index is 11.7. The molecule has 2 unspecified atom stereocenters. The van der Waals surface area contributed by atoms with Crippen LogP contribution in [0.3, 0.4) is 0 Å². The molecule has 35 heavy (non-hydrogen) atoms. The predicted molar refractivity (Wildman–Crippen MR) is 139 cm³/mol. The van der Waals surface area contributed by atoms with Gasteiger partial charge in [-0.05, 0) is 48.2 Å². The summed E-state index contributed by atoms with van der Waals surface area (Å²) in [7, 11) is 5.58. The first-order chi connectivity index (χ1) is 16.5. The van der Waals surface area contributed by atoms with Gasteiger partial charge in [-0.2, -0.15) is 0 Å². The summed E-state index contributed by atoms with van der Waals surface area (Å²) in [6.07, 6.45) is 11.3. The number of allylic oxidation sites excluding steroid dienone is 5. The summed E-state index contributed by atoms with van der Waals surface area (Å²) in [5.41, 5.74) is 1.54. The molecule has 2 atom stereocenters. The molecule has 0 amide bonds. The third-order valence-corrected chi connectivity index (χ3v) is 6.30. The molecule has 2 N–H and O–H groups in total. The number of imidazole rings is 1. The molecular weight excluding hydrogens is 462 g/mol. The van der Waals surface area contributed by atoms with E-state index in [0.29, 0.717) is 35.4 Å². The van der Waals surface area contributed by atoms with Gasteiger partial charge in [-0.1, -0.05) is 49.9 Å². The highest BCUT2D eigenvalue weighted by Crippen LogP contribution is 2.29. The van der Waals surface area contributed by atoms with Crippen molar-refractivity contribution in [2.45, 2.75) is 50.7 Å². The van der Waals surface area contributed by atoms with Gasteiger partial charge in [0.1, 0.15) is 0 Å². The van der Waals surface area contributed by atoms with E-state index in [4.69, 9.17) is 0 Å². The monoisotopic (exact) mass is 496 g/mol. The number of carboxylic acid groups (broad SMARTS) is 2. The van der Waals surface area contributed by atoms with E-state index in [1.807, 2.05) is 43.4 Å². The highest BCUT2D eigenvalue weighted by Gasteiger charge is 2.32. The number of likely N-dealkylation sites (N-methyl/N-ethyl adjacent to an activating group) is 1. The Hall–Kier alpha value is -3.20. The highest BCUT2D eigenvalue weighted by atomic mass is 32.2. The molecular formula is C27H34N3O4S+. The Balaban J connectivity index is 2.03. The number of aliphatic carboxylic acids is 2. The fourth-order valence-corrected chi connectivity index (χ4v) is 4.19. The highest BCUT2D eigenvalue weighted by molar-refractivity contribution is 8.02. The Morgan fingerprint density at radius 3 is 2.49 bits per heavy atom. The summed E-state index contributed by atoms with van der Waals surface area (Å²) in [5, 5.41) is 21.6. The van der Waals surface area contributed by atoms with Gasteiger partial charge in [-0.25, -0.2) is 9.78 Å². The van der Waals surface area contributed by atoms with Crippen LogP contribution in [-0.2, 0) is 16.0 Å². The Morgan fingerprint density at radius 1 is 1.14 bits per heavy atom. The summed E-state index contributed by atoms with van der Waals surface area (Å²) in [6.45, 7) is 4.17. The zero-order valence-corrected chi connectivity index (χ0v) is 21.8. The number of fused-ring (bicyclic) bond motifs is 1. The van der Waals surface area contributed by atoms with E-state index in [2.05, 4.69) is 42.5 Å². The van der Waals surface area contributed by atoms with Gasteiger partial charge < -0.3 is 14.7 Å². The molecule has 2 rings (SSSR count).